The number of nitrogens with zero attached hydrogens (tertiary/aromatic N) is 1. The second-order valence-corrected chi connectivity index (χ2v) is 9.42. The van der Waals surface area contributed by atoms with Crippen molar-refractivity contribution in [3.8, 4) is 11.5 Å². The molecular weight excluding hydrogens is 543 g/mol. The first-order chi connectivity index (χ1) is 17.2. The highest BCUT2D eigenvalue weighted by Gasteiger charge is 2.35. The first-order valence-corrected chi connectivity index (χ1v) is 12.1. The molecule has 0 unspecified atom stereocenters. The monoisotopic (exact) mass is 560 g/mol. The van der Waals surface area contributed by atoms with Gasteiger partial charge < -0.3 is 9.47 Å². The van der Waals surface area contributed by atoms with Gasteiger partial charge in [0.15, 0.2) is 16.6 Å². The molecule has 0 atom stereocenters. The number of ether oxygens (including phenoxy) is 2. The lowest BCUT2D eigenvalue weighted by molar-refractivity contribution is -0.122. The SMILES string of the molecule is COc1cc(/C=C2\C(=O)NC(=S)N(c3cccc(Cl)c3Cl)C2=O)cc(Cl)c1OCc1cccc(C)c1. The van der Waals surface area contributed by atoms with Crippen molar-refractivity contribution >= 4 is 75.7 Å². The van der Waals surface area contributed by atoms with Crippen LogP contribution in [0.4, 0.5) is 5.69 Å². The smallest absolute Gasteiger partial charge is 0.270 e. The van der Waals surface area contributed by atoms with E-state index in [0.717, 1.165) is 16.0 Å². The first kappa shape index (κ1) is 26.0. The highest BCUT2D eigenvalue weighted by Crippen LogP contribution is 2.38. The summed E-state index contributed by atoms with van der Waals surface area (Å²) in [5.41, 5.74) is 2.61. The van der Waals surface area contributed by atoms with E-state index in [0.29, 0.717) is 17.1 Å². The fourth-order valence-electron chi connectivity index (χ4n) is 3.63. The molecule has 2 amide bonds. The van der Waals surface area contributed by atoms with E-state index >= 15 is 0 Å². The summed E-state index contributed by atoms with van der Waals surface area (Å²) in [6.45, 7) is 2.28. The third-order valence-electron chi connectivity index (χ3n) is 5.30. The van der Waals surface area contributed by atoms with E-state index in [-0.39, 0.29) is 38.0 Å². The number of anilines is 1. The average molecular weight is 562 g/mol. The maximum atomic E-state index is 13.3. The molecule has 1 aliphatic heterocycles. The van der Waals surface area contributed by atoms with E-state index < -0.39 is 11.8 Å². The largest absolute Gasteiger partial charge is 0.493 e. The van der Waals surface area contributed by atoms with Gasteiger partial charge in [-0.05, 0) is 60.6 Å². The number of nitrogens with one attached hydrogen (secondary N) is 1. The Labute approximate surface area is 228 Å². The summed E-state index contributed by atoms with van der Waals surface area (Å²) in [7, 11) is 1.47. The Morgan fingerprint density at radius 3 is 2.50 bits per heavy atom. The van der Waals surface area contributed by atoms with Gasteiger partial charge in [0, 0.05) is 0 Å². The molecule has 0 spiro atoms. The Balaban J connectivity index is 1.66. The van der Waals surface area contributed by atoms with Crippen molar-refractivity contribution < 1.29 is 19.1 Å². The topological polar surface area (TPSA) is 67.9 Å². The predicted octanol–water partition coefficient (Wildman–Crippen LogP) is 6.37. The van der Waals surface area contributed by atoms with E-state index in [2.05, 4.69) is 5.32 Å². The molecule has 0 saturated carbocycles. The highest BCUT2D eigenvalue weighted by atomic mass is 35.5. The lowest BCUT2D eigenvalue weighted by Gasteiger charge is -2.29. The van der Waals surface area contributed by atoms with Crippen LogP contribution in [0.1, 0.15) is 16.7 Å². The second-order valence-electron chi connectivity index (χ2n) is 7.84. The Morgan fingerprint density at radius 2 is 1.78 bits per heavy atom. The van der Waals surface area contributed by atoms with Crippen LogP contribution in [0.15, 0.2) is 60.2 Å². The van der Waals surface area contributed by atoms with Crippen LogP contribution < -0.4 is 19.7 Å². The molecule has 0 aromatic heterocycles. The molecule has 10 heteroatoms. The molecule has 0 radical (unpaired) electrons. The fourth-order valence-corrected chi connectivity index (χ4v) is 4.56. The molecule has 3 aromatic carbocycles. The Morgan fingerprint density at radius 1 is 1.03 bits per heavy atom. The molecule has 0 bridgehead atoms. The molecule has 1 N–H and O–H groups in total. The molecule has 3 aromatic rings. The number of hydrogen-bond donors (Lipinski definition) is 1. The van der Waals surface area contributed by atoms with Crippen LogP contribution in [-0.2, 0) is 16.2 Å². The van der Waals surface area contributed by atoms with Crippen molar-refractivity contribution in [3.63, 3.8) is 0 Å². The minimum absolute atomic E-state index is 0.109. The van der Waals surface area contributed by atoms with E-state index in [4.69, 9.17) is 56.5 Å². The van der Waals surface area contributed by atoms with Crippen molar-refractivity contribution in [1.29, 1.82) is 0 Å². The number of thiocarbonyl (C=S) groups is 1. The zero-order valence-corrected chi connectivity index (χ0v) is 22.2. The molecule has 6 nitrogen and oxygen atoms in total. The van der Waals surface area contributed by atoms with Gasteiger partial charge in [-0.1, -0.05) is 70.7 Å². The number of carbonyl (C=O) groups is 2. The summed E-state index contributed by atoms with van der Waals surface area (Å²) >= 11 is 24.1. The lowest BCUT2D eigenvalue weighted by atomic mass is 10.1. The van der Waals surface area contributed by atoms with Gasteiger partial charge in [0.1, 0.15) is 12.2 Å². The summed E-state index contributed by atoms with van der Waals surface area (Å²) in [5.74, 6) is -0.635. The summed E-state index contributed by atoms with van der Waals surface area (Å²) < 4.78 is 11.4. The van der Waals surface area contributed by atoms with Crippen molar-refractivity contribution in [2.24, 2.45) is 0 Å². The van der Waals surface area contributed by atoms with Gasteiger partial charge in [0.25, 0.3) is 11.8 Å². The maximum Gasteiger partial charge on any atom is 0.270 e. The summed E-state index contributed by atoms with van der Waals surface area (Å²) in [4.78, 5) is 27.1. The molecule has 4 rings (SSSR count). The molecular formula is C26H19Cl3N2O4S. The van der Waals surface area contributed by atoms with Gasteiger partial charge >= 0.3 is 0 Å². The van der Waals surface area contributed by atoms with Crippen LogP contribution >= 0.6 is 47.0 Å². The Hall–Kier alpha value is -3.10. The molecule has 1 saturated heterocycles. The second kappa shape index (κ2) is 10.9. The number of halogens is 3. The van der Waals surface area contributed by atoms with Gasteiger partial charge in [-0.25, -0.2) is 0 Å². The number of methoxy groups -OCH3 is 1. The third kappa shape index (κ3) is 5.34. The number of rotatable bonds is 6. The van der Waals surface area contributed by atoms with Crippen LogP contribution in [-0.4, -0.2) is 24.0 Å². The number of carbonyl (C=O) groups excluding carboxylic acids is 2. The zero-order valence-electron chi connectivity index (χ0n) is 19.1. The van der Waals surface area contributed by atoms with Gasteiger partial charge in [0.05, 0.1) is 27.9 Å². The summed E-state index contributed by atoms with van der Waals surface area (Å²) in [6, 6.07) is 15.9. The maximum absolute atomic E-state index is 13.3. The van der Waals surface area contributed by atoms with Crippen LogP contribution in [0.2, 0.25) is 15.1 Å². The number of benzene rings is 3. The number of amides is 2. The molecule has 0 aliphatic carbocycles. The molecule has 36 heavy (non-hydrogen) atoms. The van der Waals surface area contributed by atoms with Gasteiger partial charge in [0.2, 0.25) is 0 Å². The minimum atomic E-state index is -0.664. The minimum Gasteiger partial charge on any atom is -0.493 e. The van der Waals surface area contributed by atoms with Gasteiger partial charge in [-0.2, -0.15) is 0 Å². The quantitative estimate of drug-likeness (QED) is 0.215. The van der Waals surface area contributed by atoms with E-state index in [1.807, 2.05) is 31.2 Å². The van der Waals surface area contributed by atoms with Crippen molar-refractivity contribution in [3.05, 3.63) is 91.9 Å². The van der Waals surface area contributed by atoms with Crippen LogP contribution in [0.25, 0.3) is 6.08 Å². The van der Waals surface area contributed by atoms with E-state index in [1.165, 1.54) is 13.2 Å². The van der Waals surface area contributed by atoms with Gasteiger partial charge in [-0.3, -0.25) is 19.8 Å². The Bertz CT molecular complexity index is 1420. The van der Waals surface area contributed by atoms with Gasteiger partial charge in [-0.15, -0.1) is 0 Å². The van der Waals surface area contributed by atoms with E-state index in [1.54, 1.807) is 30.3 Å². The summed E-state index contributed by atoms with van der Waals surface area (Å²) in [5, 5.41) is 3.03. The summed E-state index contributed by atoms with van der Waals surface area (Å²) in [6.07, 6.45) is 1.39. The molecule has 184 valence electrons. The van der Waals surface area contributed by atoms with Crippen LogP contribution in [0.3, 0.4) is 0 Å². The molecule has 1 aliphatic rings. The standard InChI is InChI=1S/C26H19Cl3N2O4S/c1-14-5-3-6-15(9-14)13-35-23-19(28)11-16(12-21(23)34-2)10-17-24(32)30-26(36)31(25(17)33)20-8-4-7-18(27)22(20)29/h3-12H,13H2,1-2H3,(H,30,32,36)/b17-10+. The Kier molecular flexibility index (Phi) is 7.85. The lowest BCUT2D eigenvalue weighted by Crippen LogP contribution is -2.54. The fraction of sp³-hybridized carbons (Fsp3) is 0.115. The zero-order chi connectivity index (χ0) is 26.0. The van der Waals surface area contributed by atoms with Crippen molar-refractivity contribution in [2.75, 3.05) is 12.0 Å². The van der Waals surface area contributed by atoms with E-state index in [9.17, 15) is 9.59 Å². The number of hydrogen-bond acceptors (Lipinski definition) is 5. The third-order valence-corrected chi connectivity index (χ3v) is 6.68. The highest BCUT2D eigenvalue weighted by molar-refractivity contribution is 7.80. The number of aryl methyl sites for hydroxylation is 1. The molecule has 1 heterocycles. The predicted molar refractivity (Wildman–Crippen MR) is 146 cm³/mol. The van der Waals surface area contributed by atoms with Crippen LogP contribution in [0.5, 0.6) is 11.5 Å². The average Bonchev–Trinajstić information content (AvgIpc) is 2.83. The van der Waals surface area contributed by atoms with Crippen molar-refractivity contribution in [1.82, 2.24) is 5.32 Å². The molecule has 1 fully saturated rings. The van der Waals surface area contributed by atoms with Crippen LogP contribution in [0, 0.1) is 6.92 Å². The van der Waals surface area contributed by atoms with Crippen molar-refractivity contribution in [2.45, 2.75) is 13.5 Å². The normalized spacial score (nSPS) is 14.8. The first-order valence-electron chi connectivity index (χ1n) is 10.6.